The van der Waals surface area contributed by atoms with Crippen LogP contribution in [0.1, 0.15) is 25.8 Å². The van der Waals surface area contributed by atoms with E-state index in [2.05, 4.69) is 43.4 Å². The molecule has 1 heterocycles. The van der Waals surface area contributed by atoms with Crippen LogP contribution in [0.15, 0.2) is 35.3 Å². The van der Waals surface area contributed by atoms with E-state index in [4.69, 9.17) is 4.99 Å². The molecule has 2 aliphatic rings. The fourth-order valence-electron chi connectivity index (χ4n) is 3.17. The van der Waals surface area contributed by atoms with Gasteiger partial charge in [-0.25, -0.2) is 0 Å². The second kappa shape index (κ2) is 4.17. The van der Waals surface area contributed by atoms with Gasteiger partial charge in [0, 0.05) is 12.5 Å². The topological polar surface area (TPSA) is 24.4 Å². The zero-order valence-corrected chi connectivity index (χ0v) is 10.6. The number of fused-ring (bicyclic) bond motifs is 1. The number of hydrogen-bond donors (Lipinski definition) is 1. The maximum absolute atomic E-state index is 4.72. The van der Waals surface area contributed by atoms with E-state index in [0.29, 0.717) is 6.04 Å². The summed E-state index contributed by atoms with van der Waals surface area (Å²) in [5.41, 5.74) is 1.29. The third kappa shape index (κ3) is 2.08. The summed E-state index contributed by atoms with van der Waals surface area (Å²) in [6.07, 6.45) is 1.12. The molecule has 0 aromatic heterocycles. The van der Waals surface area contributed by atoms with Gasteiger partial charge in [0.25, 0.3) is 0 Å². The van der Waals surface area contributed by atoms with Gasteiger partial charge in [0.15, 0.2) is 0 Å². The Hall–Kier alpha value is -1.31. The Kier molecular flexibility index (Phi) is 2.65. The minimum absolute atomic E-state index is 0.702. The van der Waals surface area contributed by atoms with Gasteiger partial charge < -0.3 is 5.32 Å². The van der Waals surface area contributed by atoms with E-state index in [1.807, 2.05) is 6.07 Å². The van der Waals surface area contributed by atoms with Crippen molar-refractivity contribution in [2.45, 2.75) is 32.9 Å². The van der Waals surface area contributed by atoms with Crippen molar-refractivity contribution in [2.75, 3.05) is 0 Å². The molecule has 0 amide bonds. The molecule has 0 radical (unpaired) electrons. The fourth-order valence-corrected chi connectivity index (χ4v) is 3.17. The number of benzene rings is 1. The highest BCUT2D eigenvalue weighted by atomic mass is 15.1. The van der Waals surface area contributed by atoms with Crippen LogP contribution < -0.4 is 5.32 Å². The molecule has 1 aromatic carbocycles. The van der Waals surface area contributed by atoms with Crippen LogP contribution in [0.25, 0.3) is 0 Å². The van der Waals surface area contributed by atoms with Crippen LogP contribution >= 0.6 is 0 Å². The molecule has 1 aliphatic carbocycles. The molecule has 1 saturated carbocycles. The Labute approximate surface area is 103 Å². The number of rotatable bonds is 2. The molecule has 1 saturated heterocycles. The van der Waals surface area contributed by atoms with Crippen molar-refractivity contribution in [1.29, 1.82) is 0 Å². The summed E-state index contributed by atoms with van der Waals surface area (Å²) < 4.78 is 0. The molecular formula is C15H20N2. The minimum atomic E-state index is 0.702. The monoisotopic (exact) mass is 228 g/mol. The molecular weight excluding hydrogens is 208 g/mol. The molecule has 2 nitrogen and oxygen atoms in total. The quantitative estimate of drug-likeness (QED) is 0.827. The predicted octanol–water partition coefficient (Wildman–Crippen LogP) is 2.85. The number of aliphatic imine (C=N–C) groups is 1. The Morgan fingerprint density at radius 3 is 2.71 bits per heavy atom. The van der Waals surface area contributed by atoms with Gasteiger partial charge >= 0.3 is 0 Å². The number of piperidine rings is 1. The van der Waals surface area contributed by atoms with Crippen LogP contribution in [0.3, 0.4) is 0 Å². The summed E-state index contributed by atoms with van der Waals surface area (Å²) in [4.78, 5) is 4.72. The summed E-state index contributed by atoms with van der Waals surface area (Å²) in [6.45, 7) is 5.51. The molecule has 2 heteroatoms. The number of amidine groups is 1. The highest BCUT2D eigenvalue weighted by Crippen LogP contribution is 2.48. The summed E-state index contributed by atoms with van der Waals surface area (Å²) in [5.74, 6) is 3.75. The lowest BCUT2D eigenvalue weighted by molar-refractivity contribution is 0.463. The SMILES string of the molecule is CC1CC(=NCc2ccccc2)NC2C(C)C12. The molecule has 1 aromatic rings. The zero-order chi connectivity index (χ0) is 11.8. The van der Waals surface area contributed by atoms with Crippen molar-refractivity contribution < 1.29 is 0 Å². The molecule has 4 atom stereocenters. The van der Waals surface area contributed by atoms with Crippen molar-refractivity contribution in [2.24, 2.45) is 22.7 Å². The van der Waals surface area contributed by atoms with Gasteiger partial charge in [-0.05, 0) is 23.3 Å². The predicted molar refractivity (Wildman–Crippen MR) is 70.9 cm³/mol. The average Bonchev–Trinajstić information content (AvgIpc) is 3.00. The van der Waals surface area contributed by atoms with E-state index in [9.17, 15) is 0 Å². The molecule has 17 heavy (non-hydrogen) atoms. The van der Waals surface area contributed by atoms with Crippen LogP contribution in [0.2, 0.25) is 0 Å². The van der Waals surface area contributed by atoms with Gasteiger partial charge in [-0.2, -0.15) is 0 Å². The van der Waals surface area contributed by atoms with Gasteiger partial charge in [-0.3, -0.25) is 4.99 Å². The van der Waals surface area contributed by atoms with E-state index < -0.39 is 0 Å². The maximum Gasteiger partial charge on any atom is 0.0972 e. The first kappa shape index (κ1) is 10.8. The summed E-state index contributed by atoms with van der Waals surface area (Å²) in [7, 11) is 0. The van der Waals surface area contributed by atoms with Crippen LogP contribution in [0.4, 0.5) is 0 Å². The van der Waals surface area contributed by atoms with Crippen molar-refractivity contribution in [3.8, 4) is 0 Å². The Morgan fingerprint density at radius 1 is 1.24 bits per heavy atom. The number of hydrogen-bond acceptors (Lipinski definition) is 1. The zero-order valence-electron chi connectivity index (χ0n) is 10.6. The molecule has 1 aliphatic heterocycles. The number of nitrogens with one attached hydrogen (secondary N) is 1. The van der Waals surface area contributed by atoms with Gasteiger partial charge in [0.2, 0.25) is 0 Å². The van der Waals surface area contributed by atoms with Crippen molar-refractivity contribution >= 4 is 5.84 Å². The Balaban J connectivity index is 1.65. The van der Waals surface area contributed by atoms with Crippen LogP contribution in [-0.4, -0.2) is 11.9 Å². The third-order valence-electron chi connectivity index (χ3n) is 4.25. The number of nitrogens with zero attached hydrogens (tertiary/aromatic N) is 1. The summed E-state index contributed by atoms with van der Waals surface area (Å²) in [6, 6.07) is 11.2. The maximum atomic E-state index is 4.72. The van der Waals surface area contributed by atoms with Gasteiger partial charge in [-0.15, -0.1) is 0 Å². The van der Waals surface area contributed by atoms with E-state index in [-0.39, 0.29) is 0 Å². The van der Waals surface area contributed by atoms with Crippen molar-refractivity contribution in [3.63, 3.8) is 0 Å². The summed E-state index contributed by atoms with van der Waals surface area (Å²) >= 11 is 0. The van der Waals surface area contributed by atoms with E-state index in [1.165, 1.54) is 11.4 Å². The largest absolute Gasteiger partial charge is 0.371 e. The van der Waals surface area contributed by atoms with Crippen LogP contribution in [-0.2, 0) is 6.54 Å². The molecule has 0 bridgehead atoms. The third-order valence-corrected chi connectivity index (χ3v) is 4.25. The lowest BCUT2D eigenvalue weighted by Crippen LogP contribution is -2.34. The Bertz CT molecular complexity index is 414. The lowest BCUT2D eigenvalue weighted by Gasteiger charge is -2.20. The molecule has 90 valence electrons. The lowest BCUT2D eigenvalue weighted by atomic mass is 9.97. The smallest absolute Gasteiger partial charge is 0.0972 e. The van der Waals surface area contributed by atoms with E-state index in [0.717, 1.165) is 30.7 Å². The molecule has 3 rings (SSSR count). The minimum Gasteiger partial charge on any atom is -0.371 e. The fraction of sp³-hybridized carbons (Fsp3) is 0.533. The highest BCUT2D eigenvalue weighted by molar-refractivity contribution is 5.84. The molecule has 0 spiro atoms. The molecule has 1 N–H and O–H groups in total. The van der Waals surface area contributed by atoms with Crippen molar-refractivity contribution in [3.05, 3.63) is 35.9 Å². The Morgan fingerprint density at radius 2 is 2.00 bits per heavy atom. The first-order valence-corrected chi connectivity index (χ1v) is 6.59. The van der Waals surface area contributed by atoms with Crippen molar-refractivity contribution in [1.82, 2.24) is 5.32 Å². The normalized spacial score (nSPS) is 37.4. The molecule has 2 fully saturated rings. The van der Waals surface area contributed by atoms with Crippen LogP contribution in [0, 0.1) is 17.8 Å². The van der Waals surface area contributed by atoms with Gasteiger partial charge in [0.05, 0.1) is 12.4 Å². The first-order valence-electron chi connectivity index (χ1n) is 6.59. The standard InChI is InChI=1S/C15H20N2/c1-10-8-13(17-15-11(2)14(10)15)16-9-12-6-4-3-5-7-12/h3-7,10-11,14-15H,8-9H2,1-2H3,(H,16,17). The summed E-state index contributed by atoms with van der Waals surface area (Å²) in [5, 5.41) is 3.59. The average molecular weight is 228 g/mol. The van der Waals surface area contributed by atoms with E-state index in [1.54, 1.807) is 0 Å². The second-order valence-corrected chi connectivity index (χ2v) is 5.54. The second-order valence-electron chi connectivity index (χ2n) is 5.54. The highest BCUT2D eigenvalue weighted by Gasteiger charge is 2.52. The van der Waals surface area contributed by atoms with Gasteiger partial charge in [-0.1, -0.05) is 44.2 Å². The van der Waals surface area contributed by atoms with Gasteiger partial charge in [0.1, 0.15) is 0 Å². The molecule has 4 unspecified atom stereocenters. The van der Waals surface area contributed by atoms with E-state index >= 15 is 0 Å². The van der Waals surface area contributed by atoms with Crippen LogP contribution in [0.5, 0.6) is 0 Å². The first-order chi connectivity index (χ1) is 8.25.